The molecule has 0 saturated carbocycles. The van der Waals surface area contributed by atoms with Gasteiger partial charge in [-0.05, 0) is 133 Å². The van der Waals surface area contributed by atoms with Crippen molar-refractivity contribution in [3.05, 3.63) is 173 Å². The van der Waals surface area contributed by atoms with Gasteiger partial charge in [0.2, 0.25) is 0 Å². The van der Waals surface area contributed by atoms with Gasteiger partial charge in [0.15, 0.2) is 0 Å². The third kappa shape index (κ3) is 39.8. The van der Waals surface area contributed by atoms with Crippen LogP contribution in [0.5, 0.6) is 34.5 Å². The fourth-order valence-electron chi connectivity index (χ4n) is 15.0. The summed E-state index contributed by atoms with van der Waals surface area (Å²) in [5.74, 6) is 4.47. The predicted molar refractivity (Wildman–Crippen MR) is 522 cm³/mol. The smallest absolute Gasteiger partial charge is 0.126 e. The first-order valence-electron chi connectivity index (χ1n) is 47.7. The van der Waals surface area contributed by atoms with Gasteiger partial charge in [-0.2, -0.15) is 0 Å². The van der Waals surface area contributed by atoms with Crippen molar-refractivity contribution >= 4 is 0 Å². The van der Waals surface area contributed by atoms with Crippen molar-refractivity contribution in [2.75, 3.05) is 281 Å². The summed E-state index contributed by atoms with van der Waals surface area (Å²) in [5, 5.41) is 0. The standard InChI is InChI=1S/C108H168O24/c1-103(2,3)91-67-79-61-81-69-92(104(4,5)6)71-83(98(81)128-56-50-122-44-38-116-32-26-110-20)63-85-73-94(106(10,11)12)75-87(100(85)130-58-52-124-46-40-118-34-28-112-22)65-89-77-96(108(16,17)18)78-90(102(89)132-60-54-126-48-42-120-36-30-114-24)66-88-76-95(107(13,14)15)74-86(101(88)131-59-53-125-47-41-119-35-29-113-23)64-84-72-93(105(7,8)9)70-82(99(84)129-57-51-123-45-39-117-33-27-111-21)62-80(68-91)97(79)127-55-49-121-43-37-115-31-25-109-19/h67-78H,25-66H2,1-24H3. The minimum atomic E-state index is -0.360. The lowest BCUT2D eigenvalue weighted by atomic mass is 9.79. The quantitative estimate of drug-likeness (QED) is 0.0323. The molecule has 0 aromatic heterocycles. The van der Waals surface area contributed by atoms with E-state index in [1.807, 2.05) is 0 Å². The van der Waals surface area contributed by atoms with E-state index in [0.29, 0.717) is 237 Å². The highest BCUT2D eigenvalue weighted by Gasteiger charge is 2.33. The molecule has 0 N–H and O–H groups in total. The monoisotopic (exact) mass is 1850 g/mol. The van der Waals surface area contributed by atoms with Gasteiger partial charge in [-0.15, -0.1) is 0 Å². The largest absolute Gasteiger partial charge is 0.491 e. The second-order valence-corrected chi connectivity index (χ2v) is 39.7. The van der Waals surface area contributed by atoms with Gasteiger partial charge < -0.3 is 114 Å². The Hall–Kier alpha value is -6.60. The molecule has 24 heteroatoms. The van der Waals surface area contributed by atoms with Crippen molar-refractivity contribution in [1.29, 1.82) is 0 Å². The minimum absolute atomic E-state index is 0.235. The average molecular weight is 1850 g/mol. The highest BCUT2D eigenvalue weighted by atomic mass is 16.6. The molecule has 0 saturated heterocycles. The maximum absolute atomic E-state index is 7.49. The molecule has 1 aliphatic carbocycles. The molecule has 7 rings (SSSR count). The normalized spacial score (nSPS) is 13.1. The maximum Gasteiger partial charge on any atom is 0.126 e. The van der Waals surface area contributed by atoms with Crippen LogP contribution in [0.25, 0.3) is 0 Å². The number of methoxy groups -OCH3 is 6. The van der Waals surface area contributed by atoms with Crippen LogP contribution in [0.4, 0.5) is 0 Å². The van der Waals surface area contributed by atoms with Crippen molar-refractivity contribution in [2.45, 2.75) is 196 Å². The molecule has 744 valence electrons. The van der Waals surface area contributed by atoms with E-state index in [9.17, 15) is 0 Å². The molecular weight excluding hydrogens is 1680 g/mol. The van der Waals surface area contributed by atoms with E-state index in [4.69, 9.17) is 114 Å². The maximum atomic E-state index is 7.49. The molecule has 132 heavy (non-hydrogen) atoms. The van der Waals surface area contributed by atoms with Gasteiger partial charge in [0, 0.05) is 81.2 Å². The van der Waals surface area contributed by atoms with Crippen LogP contribution in [0.2, 0.25) is 0 Å². The SMILES string of the molecule is COCCOCCOCCOc1c2cc(C(C)(C)C)cc1Cc1cc(C(C)(C)C)cc(c1OCCOCCOCCOC)Cc1cc(C(C)(C)C)cc(c1OCCOCCOCCOC)Cc1cc(C(C)(C)C)cc(c1OCCOCCOCCOC)Cc1cc(C(C)(C)C)cc(c1OCCOCCOCCOC)Cc1cc(C(C)(C)C)cc(c1OCCOCCOCCOC)C2. The summed E-state index contributed by atoms with van der Waals surface area (Å²) >= 11 is 0. The van der Waals surface area contributed by atoms with Crippen molar-refractivity contribution in [3.63, 3.8) is 0 Å². The molecule has 12 bridgehead atoms. The molecule has 0 spiro atoms. The van der Waals surface area contributed by atoms with Crippen LogP contribution in [-0.4, -0.2) is 281 Å². The zero-order valence-electron chi connectivity index (χ0n) is 85.4. The zero-order valence-corrected chi connectivity index (χ0v) is 85.4. The fraction of sp³-hybridized carbons (Fsp3) is 0.667. The third-order valence-corrected chi connectivity index (χ3v) is 22.6. The summed E-state index contributed by atoms with van der Waals surface area (Å²) in [6, 6.07) is 28.2. The van der Waals surface area contributed by atoms with Crippen molar-refractivity contribution in [2.24, 2.45) is 0 Å². The van der Waals surface area contributed by atoms with Gasteiger partial charge in [-0.3, -0.25) is 0 Å². The lowest BCUT2D eigenvalue weighted by Gasteiger charge is -2.29. The Bertz CT molecular complexity index is 3410. The number of rotatable bonds is 60. The van der Waals surface area contributed by atoms with Crippen LogP contribution in [0, 0.1) is 0 Å². The van der Waals surface area contributed by atoms with Gasteiger partial charge in [0.25, 0.3) is 0 Å². The Labute approximate surface area is 793 Å². The van der Waals surface area contributed by atoms with Crippen molar-refractivity contribution in [1.82, 2.24) is 0 Å². The molecule has 24 nitrogen and oxygen atoms in total. The summed E-state index contributed by atoms with van der Waals surface area (Å²) in [4.78, 5) is 0. The fourth-order valence-corrected chi connectivity index (χ4v) is 15.0. The Morgan fingerprint density at radius 3 is 0.326 bits per heavy atom. The second-order valence-electron chi connectivity index (χ2n) is 39.7. The number of hydrogen-bond acceptors (Lipinski definition) is 24. The number of ether oxygens (including phenoxy) is 24. The first-order chi connectivity index (χ1) is 63.1. The molecule has 0 amide bonds. The van der Waals surface area contributed by atoms with E-state index in [-0.39, 0.29) is 72.1 Å². The van der Waals surface area contributed by atoms with Gasteiger partial charge in [-0.1, -0.05) is 197 Å². The summed E-state index contributed by atoms with van der Waals surface area (Å²) in [6.45, 7) is 54.7. The molecule has 6 aromatic carbocycles. The van der Waals surface area contributed by atoms with Gasteiger partial charge in [0.1, 0.15) is 74.1 Å². The van der Waals surface area contributed by atoms with Gasteiger partial charge in [0.05, 0.1) is 198 Å². The molecule has 0 heterocycles. The topological polar surface area (TPSA) is 222 Å². The van der Waals surface area contributed by atoms with Crippen LogP contribution < -0.4 is 28.4 Å². The van der Waals surface area contributed by atoms with Gasteiger partial charge >= 0.3 is 0 Å². The second kappa shape index (κ2) is 58.9. The third-order valence-electron chi connectivity index (χ3n) is 22.6. The van der Waals surface area contributed by atoms with E-state index < -0.39 is 0 Å². The van der Waals surface area contributed by atoms with Crippen LogP contribution >= 0.6 is 0 Å². The predicted octanol–water partition coefficient (Wildman–Crippen LogP) is 17.7. The summed E-state index contributed by atoms with van der Waals surface area (Å²) < 4.78 is 150. The van der Waals surface area contributed by atoms with E-state index in [1.165, 1.54) is 0 Å². The van der Waals surface area contributed by atoms with E-state index in [0.717, 1.165) is 135 Å². The molecule has 0 radical (unpaired) electrons. The molecule has 0 unspecified atom stereocenters. The van der Waals surface area contributed by atoms with Crippen molar-refractivity contribution < 1.29 is 114 Å². The molecule has 6 aromatic rings. The first kappa shape index (κ1) is 112. The Morgan fingerprint density at radius 2 is 0.235 bits per heavy atom. The Kier molecular flexibility index (Phi) is 50.1. The minimum Gasteiger partial charge on any atom is -0.491 e. The molecule has 1 aliphatic rings. The van der Waals surface area contributed by atoms with Crippen LogP contribution in [0.3, 0.4) is 0 Å². The zero-order chi connectivity index (χ0) is 96.0. The lowest BCUT2D eigenvalue weighted by molar-refractivity contribution is 0.0177. The molecule has 0 aliphatic heterocycles. The Morgan fingerprint density at radius 1 is 0.144 bits per heavy atom. The van der Waals surface area contributed by atoms with E-state index >= 15 is 0 Å². The van der Waals surface area contributed by atoms with Crippen LogP contribution in [-0.2, 0) is 156 Å². The number of fused-ring (bicyclic) bond motifs is 12. The lowest BCUT2D eigenvalue weighted by Crippen LogP contribution is -2.19. The molecular formula is C108H168O24. The summed E-state index contributed by atoms with van der Waals surface area (Å²) in [5.41, 5.74) is 16.4. The number of hydrogen-bond donors (Lipinski definition) is 0. The molecule has 0 atom stereocenters. The first-order valence-corrected chi connectivity index (χ1v) is 47.7. The van der Waals surface area contributed by atoms with Crippen LogP contribution in [0.1, 0.15) is 225 Å². The van der Waals surface area contributed by atoms with Crippen molar-refractivity contribution in [3.8, 4) is 34.5 Å². The highest BCUT2D eigenvalue weighted by Crippen LogP contribution is 2.47. The van der Waals surface area contributed by atoms with E-state index in [2.05, 4.69) is 197 Å². The molecule has 0 fully saturated rings. The van der Waals surface area contributed by atoms with Gasteiger partial charge in [-0.25, -0.2) is 0 Å². The highest BCUT2D eigenvalue weighted by molar-refractivity contribution is 5.62. The number of benzene rings is 6. The van der Waals surface area contributed by atoms with Crippen LogP contribution in [0.15, 0.2) is 72.8 Å². The summed E-state index contributed by atoms with van der Waals surface area (Å²) in [7, 11) is 10.0. The summed E-state index contributed by atoms with van der Waals surface area (Å²) in [6.07, 6.45) is 2.41. The Balaban J connectivity index is 1.69. The average Bonchev–Trinajstić information content (AvgIpc) is 0.763. The van der Waals surface area contributed by atoms with E-state index in [1.54, 1.807) is 42.7 Å².